The van der Waals surface area contributed by atoms with Crippen LogP contribution in [0.15, 0.2) is 48.5 Å². The molecule has 0 heterocycles. The van der Waals surface area contributed by atoms with Gasteiger partial charge in [-0.1, -0.05) is 18.2 Å². The first-order chi connectivity index (χ1) is 12.5. The molecule has 2 aromatic rings. The molecule has 0 spiro atoms. The molecular formula is C17H16N2O7. The average Bonchev–Trinajstić information content (AvgIpc) is 2.65. The molecule has 1 N–H and O–H groups in total. The van der Waals surface area contributed by atoms with E-state index in [0.29, 0.717) is 5.75 Å². The number of methoxy groups -OCH3 is 1. The van der Waals surface area contributed by atoms with Gasteiger partial charge in [-0.25, -0.2) is 4.79 Å². The third-order valence-electron chi connectivity index (χ3n) is 3.14. The molecule has 0 aliphatic heterocycles. The number of nitro benzene ring substituents is 1. The molecule has 0 aliphatic rings. The summed E-state index contributed by atoms with van der Waals surface area (Å²) in [6, 6.07) is 12.6. The number of carbonyl (C=O) groups excluding carboxylic acids is 2. The fraction of sp³-hybridized carbons (Fsp3) is 0.176. The molecule has 2 aromatic carbocycles. The first-order valence-electron chi connectivity index (χ1n) is 7.45. The second kappa shape index (κ2) is 9.02. The van der Waals surface area contributed by atoms with Gasteiger partial charge < -0.3 is 19.5 Å². The number of nitro groups is 1. The molecular weight excluding hydrogens is 344 g/mol. The van der Waals surface area contributed by atoms with Crippen molar-refractivity contribution in [2.75, 3.05) is 25.6 Å². The van der Waals surface area contributed by atoms with E-state index < -0.39 is 23.4 Å². The van der Waals surface area contributed by atoms with Gasteiger partial charge in [0.1, 0.15) is 17.2 Å². The Balaban J connectivity index is 1.85. The summed E-state index contributed by atoms with van der Waals surface area (Å²) in [5, 5.41) is 13.4. The van der Waals surface area contributed by atoms with Crippen LogP contribution in [-0.2, 0) is 14.3 Å². The van der Waals surface area contributed by atoms with Gasteiger partial charge in [-0.05, 0) is 24.3 Å². The first-order valence-corrected chi connectivity index (χ1v) is 7.45. The minimum absolute atomic E-state index is 0.0302. The highest BCUT2D eigenvalue weighted by Crippen LogP contribution is 2.28. The Hall–Kier alpha value is -3.62. The molecule has 0 atom stereocenters. The Kier molecular flexibility index (Phi) is 6.49. The lowest BCUT2D eigenvalue weighted by Crippen LogP contribution is -2.24. The van der Waals surface area contributed by atoms with Crippen molar-refractivity contribution < 1.29 is 28.7 Å². The molecule has 9 heteroatoms. The van der Waals surface area contributed by atoms with Crippen LogP contribution in [0, 0.1) is 10.1 Å². The second-order valence-corrected chi connectivity index (χ2v) is 4.95. The van der Waals surface area contributed by atoms with Crippen molar-refractivity contribution in [1.82, 2.24) is 0 Å². The number of rotatable bonds is 8. The van der Waals surface area contributed by atoms with E-state index in [1.807, 2.05) is 0 Å². The van der Waals surface area contributed by atoms with Crippen LogP contribution in [0.5, 0.6) is 11.5 Å². The van der Waals surface area contributed by atoms with E-state index in [0.717, 1.165) is 0 Å². The van der Waals surface area contributed by atoms with Gasteiger partial charge in [0, 0.05) is 0 Å². The van der Waals surface area contributed by atoms with E-state index >= 15 is 0 Å². The molecule has 0 radical (unpaired) electrons. The van der Waals surface area contributed by atoms with E-state index in [2.05, 4.69) is 5.32 Å². The quantitative estimate of drug-likeness (QED) is 0.435. The number of hydrogen-bond acceptors (Lipinski definition) is 7. The molecule has 0 saturated heterocycles. The molecule has 9 nitrogen and oxygen atoms in total. The fourth-order valence-corrected chi connectivity index (χ4v) is 1.93. The molecule has 0 fully saturated rings. The third kappa shape index (κ3) is 5.48. The van der Waals surface area contributed by atoms with Gasteiger partial charge >= 0.3 is 5.97 Å². The number of para-hydroxylation sites is 1. The number of hydrogen-bond donors (Lipinski definition) is 1. The summed E-state index contributed by atoms with van der Waals surface area (Å²) < 4.78 is 14.9. The van der Waals surface area contributed by atoms with Crippen molar-refractivity contribution in [2.45, 2.75) is 0 Å². The fourth-order valence-electron chi connectivity index (χ4n) is 1.93. The van der Waals surface area contributed by atoms with Gasteiger partial charge in [0.25, 0.3) is 11.6 Å². The van der Waals surface area contributed by atoms with Crippen LogP contribution in [0.25, 0.3) is 0 Å². The summed E-state index contributed by atoms with van der Waals surface area (Å²) in [6.45, 7) is -0.958. The van der Waals surface area contributed by atoms with Crippen LogP contribution in [0.1, 0.15) is 0 Å². The maximum atomic E-state index is 11.8. The minimum atomic E-state index is -0.742. The summed E-state index contributed by atoms with van der Waals surface area (Å²) in [7, 11) is 1.37. The number of anilines is 1. The van der Waals surface area contributed by atoms with Gasteiger partial charge in [0.05, 0.1) is 18.1 Å². The average molecular weight is 360 g/mol. The largest absolute Gasteiger partial charge is 0.496 e. The SMILES string of the molecule is COc1ccc(NC(=O)COC(=O)COc2ccccc2)c([N+](=O)[O-])c1. The Labute approximate surface area is 148 Å². The van der Waals surface area contributed by atoms with Crippen LogP contribution in [0.3, 0.4) is 0 Å². The molecule has 1 amide bonds. The van der Waals surface area contributed by atoms with Crippen LogP contribution >= 0.6 is 0 Å². The molecule has 0 saturated carbocycles. The lowest BCUT2D eigenvalue weighted by molar-refractivity contribution is -0.384. The Morgan fingerprint density at radius 3 is 2.46 bits per heavy atom. The van der Waals surface area contributed by atoms with Crippen molar-refractivity contribution >= 4 is 23.3 Å². The van der Waals surface area contributed by atoms with E-state index in [1.54, 1.807) is 30.3 Å². The standard InChI is InChI=1S/C17H16N2O7/c1-24-13-7-8-14(15(9-13)19(22)23)18-16(20)10-26-17(21)11-25-12-5-3-2-4-6-12/h2-9H,10-11H2,1H3,(H,18,20). The number of carbonyl (C=O) groups is 2. The van der Waals surface area contributed by atoms with Crippen molar-refractivity contribution in [2.24, 2.45) is 0 Å². The number of nitrogens with one attached hydrogen (secondary N) is 1. The van der Waals surface area contributed by atoms with Crippen molar-refractivity contribution in [3.8, 4) is 11.5 Å². The Morgan fingerprint density at radius 2 is 1.81 bits per heavy atom. The first kappa shape index (κ1) is 18.7. The Morgan fingerprint density at radius 1 is 1.08 bits per heavy atom. The van der Waals surface area contributed by atoms with Crippen molar-refractivity contribution in [3.63, 3.8) is 0 Å². The summed E-state index contributed by atoms with van der Waals surface area (Å²) in [6.07, 6.45) is 0. The summed E-state index contributed by atoms with van der Waals surface area (Å²) in [4.78, 5) is 33.8. The predicted molar refractivity (Wildman–Crippen MR) is 91.2 cm³/mol. The van der Waals surface area contributed by atoms with E-state index in [4.69, 9.17) is 14.2 Å². The lowest BCUT2D eigenvalue weighted by atomic mass is 10.2. The monoisotopic (exact) mass is 360 g/mol. The van der Waals surface area contributed by atoms with E-state index in [1.165, 1.54) is 25.3 Å². The molecule has 0 bridgehead atoms. The van der Waals surface area contributed by atoms with Crippen molar-refractivity contribution in [3.05, 3.63) is 58.6 Å². The van der Waals surface area contributed by atoms with E-state index in [-0.39, 0.29) is 23.7 Å². The van der Waals surface area contributed by atoms with Gasteiger partial charge in [0.15, 0.2) is 13.2 Å². The number of ether oxygens (including phenoxy) is 3. The molecule has 136 valence electrons. The predicted octanol–water partition coefficient (Wildman–Crippen LogP) is 2.16. The van der Waals surface area contributed by atoms with E-state index in [9.17, 15) is 19.7 Å². The topological polar surface area (TPSA) is 117 Å². The second-order valence-electron chi connectivity index (χ2n) is 4.95. The van der Waals surface area contributed by atoms with Crippen LogP contribution in [0.2, 0.25) is 0 Å². The maximum Gasteiger partial charge on any atom is 0.344 e. The summed E-state index contributed by atoms with van der Waals surface area (Å²) in [5.41, 5.74) is -0.367. The zero-order chi connectivity index (χ0) is 18.9. The maximum absolute atomic E-state index is 11.8. The van der Waals surface area contributed by atoms with Crippen LogP contribution in [-0.4, -0.2) is 37.1 Å². The molecule has 0 unspecified atom stereocenters. The molecule has 0 aromatic heterocycles. The van der Waals surface area contributed by atoms with Crippen LogP contribution < -0.4 is 14.8 Å². The highest BCUT2D eigenvalue weighted by Gasteiger charge is 2.18. The van der Waals surface area contributed by atoms with Gasteiger partial charge in [-0.2, -0.15) is 0 Å². The highest BCUT2D eigenvalue weighted by atomic mass is 16.6. The molecule has 0 aliphatic carbocycles. The van der Waals surface area contributed by atoms with Crippen molar-refractivity contribution in [1.29, 1.82) is 0 Å². The number of benzene rings is 2. The molecule has 26 heavy (non-hydrogen) atoms. The zero-order valence-corrected chi connectivity index (χ0v) is 13.8. The van der Waals surface area contributed by atoms with Gasteiger partial charge in [-0.15, -0.1) is 0 Å². The van der Waals surface area contributed by atoms with Gasteiger partial charge in [0.2, 0.25) is 0 Å². The van der Waals surface area contributed by atoms with Crippen LogP contribution in [0.4, 0.5) is 11.4 Å². The highest BCUT2D eigenvalue weighted by molar-refractivity contribution is 5.95. The summed E-state index contributed by atoms with van der Waals surface area (Å²) in [5.74, 6) is -0.693. The summed E-state index contributed by atoms with van der Waals surface area (Å²) >= 11 is 0. The number of nitrogens with zero attached hydrogens (tertiary/aromatic N) is 1. The number of esters is 1. The minimum Gasteiger partial charge on any atom is -0.496 e. The molecule has 2 rings (SSSR count). The third-order valence-corrected chi connectivity index (χ3v) is 3.14. The number of amides is 1. The normalized spacial score (nSPS) is 9.88. The zero-order valence-electron chi connectivity index (χ0n) is 13.8. The lowest BCUT2D eigenvalue weighted by Gasteiger charge is -2.09. The smallest absolute Gasteiger partial charge is 0.344 e. The Bertz CT molecular complexity index is 793. The van der Waals surface area contributed by atoms with Gasteiger partial charge in [-0.3, -0.25) is 14.9 Å².